The number of aromatic nitrogens is 2. The number of hydrogen-bond acceptors (Lipinski definition) is 2. The molecule has 1 unspecified atom stereocenters. The van der Waals surface area contributed by atoms with Crippen LogP contribution in [0.25, 0.3) is 0 Å². The number of aliphatic hydroxyl groups excluding tert-OH is 1. The molecule has 3 nitrogen and oxygen atoms in total. The molecule has 1 aromatic carbocycles. The third-order valence-corrected chi connectivity index (χ3v) is 2.75. The molecule has 0 radical (unpaired) electrons. The molecular weight excluding hydrogens is 212 g/mol. The van der Waals surface area contributed by atoms with Gasteiger partial charge in [0.05, 0.1) is 18.8 Å². The van der Waals surface area contributed by atoms with Gasteiger partial charge in [0.1, 0.15) is 0 Å². The highest BCUT2D eigenvalue weighted by molar-refractivity contribution is 5.29. The van der Waals surface area contributed by atoms with E-state index in [1.54, 1.807) is 10.9 Å². The zero-order chi connectivity index (χ0) is 12.4. The molecule has 90 valence electrons. The maximum absolute atomic E-state index is 10.2. The van der Waals surface area contributed by atoms with Gasteiger partial charge in [0.2, 0.25) is 0 Å². The van der Waals surface area contributed by atoms with Crippen molar-refractivity contribution in [1.29, 1.82) is 0 Å². The molecule has 0 aliphatic heterocycles. The van der Waals surface area contributed by atoms with Gasteiger partial charge in [-0.3, -0.25) is 4.68 Å². The molecular formula is C14H18N2O. The lowest BCUT2D eigenvalue weighted by Gasteiger charge is -2.12. The minimum atomic E-state index is -0.507. The van der Waals surface area contributed by atoms with Gasteiger partial charge < -0.3 is 5.11 Å². The summed E-state index contributed by atoms with van der Waals surface area (Å²) in [5.74, 6) is 0. The van der Waals surface area contributed by atoms with E-state index in [0.29, 0.717) is 6.54 Å². The Morgan fingerprint density at radius 3 is 2.29 bits per heavy atom. The summed E-state index contributed by atoms with van der Waals surface area (Å²) in [4.78, 5) is 0. The molecule has 1 aromatic heterocycles. The second kappa shape index (κ2) is 4.72. The van der Waals surface area contributed by atoms with E-state index in [-0.39, 0.29) is 0 Å². The zero-order valence-corrected chi connectivity index (χ0v) is 10.5. The number of benzene rings is 1. The Morgan fingerprint density at radius 1 is 1.12 bits per heavy atom. The molecule has 0 amide bonds. The Kier molecular flexibility index (Phi) is 3.29. The number of nitrogens with zero attached hydrogens (tertiary/aromatic N) is 2. The summed E-state index contributed by atoms with van der Waals surface area (Å²) in [5.41, 5.74) is 4.42. The zero-order valence-electron chi connectivity index (χ0n) is 10.5. The van der Waals surface area contributed by atoms with Gasteiger partial charge in [-0.25, -0.2) is 0 Å². The van der Waals surface area contributed by atoms with Crippen LogP contribution < -0.4 is 0 Å². The van der Waals surface area contributed by atoms with E-state index in [0.717, 1.165) is 11.1 Å². The Labute approximate surface area is 102 Å². The predicted molar refractivity (Wildman–Crippen MR) is 67.8 cm³/mol. The summed E-state index contributed by atoms with van der Waals surface area (Å²) in [5, 5.41) is 14.4. The lowest BCUT2D eigenvalue weighted by Crippen LogP contribution is -2.09. The molecule has 0 saturated heterocycles. The highest BCUT2D eigenvalue weighted by Gasteiger charge is 2.09. The SMILES string of the molecule is Cc1cc(C)cc(C(O)Cn2cc(C)cn2)c1. The Hall–Kier alpha value is -1.61. The van der Waals surface area contributed by atoms with E-state index in [1.165, 1.54) is 11.1 Å². The average Bonchev–Trinajstić information content (AvgIpc) is 2.62. The van der Waals surface area contributed by atoms with Crippen LogP contribution in [0.3, 0.4) is 0 Å². The molecule has 0 aliphatic rings. The second-order valence-electron chi connectivity index (χ2n) is 4.68. The molecule has 1 atom stereocenters. The van der Waals surface area contributed by atoms with Crippen LogP contribution in [0, 0.1) is 20.8 Å². The fourth-order valence-corrected chi connectivity index (χ4v) is 2.05. The average molecular weight is 230 g/mol. The minimum Gasteiger partial charge on any atom is -0.386 e. The van der Waals surface area contributed by atoms with E-state index in [9.17, 15) is 5.11 Å². The van der Waals surface area contributed by atoms with Gasteiger partial charge >= 0.3 is 0 Å². The first-order chi connectivity index (χ1) is 8.04. The Bertz CT molecular complexity index is 496. The lowest BCUT2D eigenvalue weighted by atomic mass is 10.0. The Balaban J connectivity index is 2.16. The van der Waals surface area contributed by atoms with Crippen molar-refractivity contribution in [1.82, 2.24) is 9.78 Å². The maximum atomic E-state index is 10.2. The van der Waals surface area contributed by atoms with E-state index >= 15 is 0 Å². The van der Waals surface area contributed by atoms with Crippen LogP contribution >= 0.6 is 0 Å². The molecule has 0 aliphatic carbocycles. The molecule has 2 rings (SSSR count). The molecule has 3 heteroatoms. The number of aliphatic hydroxyl groups is 1. The van der Waals surface area contributed by atoms with Crippen LogP contribution in [-0.4, -0.2) is 14.9 Å². The van der Waals surface area contributed by atoms with Gasteiger partial charge in [0.25, 0.3) is 0 Å². The summed E-state index contributed by atoms with van der Waals surface area (Å²) in [7, 11) is 0. The molecule has 0 bridgehead atoms. The molecule has 0 fully saturated rings. The van der Waals surface area contributed by atoms with Crippen LogP contribution in [0.15, 0.2) is 30.6 Å². The summed E-state index contributed by atoms with van der Waals surface area (Å²) in [6.45, 7) is 6.58. The quantitative estimate of drug-likeness (QED) is 0.880. The normalized spacial score (nSPS) is 12.7. The fraction of sp³-hybridized carbons (Fsp3) is 0.357. The van der Waals surface area contributed by atoms with Crippen molar-refractivity contribution in [2.45, 2.75) is 33.4 Å². The molecule has 0 saturated carbocycles. The molecule has 2 aromatic rings. The van der Waals surface area contributed by atoms with Crippen molar-refractivity contribution < 1.29 is 5.11 Å². The fourth-order valence-electron chi connectivity index (χ4n) is 2.05. The summed E-state index contributed by atoms with van der Waals surface area (Å²) in [6, 6.07) is 6.15. The van der Waals surface area contributed by atoms with Crippen LogP contribution in [-0.2, 0) is 6.54 Å². The van der Waals surface area contributed by atoms with E-state index in [4.69, 9.17) is 0 Å². The number of rotatable bonds is 3. The summed E-state index contributed by atoms with van der Waals surface area (Å²) in [6.07, 6.45) is 3.23. The lowest BCUT2D eigenvalue weighted by molar-refractivity contribution is 0.151. The molecule has 1 heterocycles. The third kappa shape index (κ3) is 2.94. The topological polar surface area (TPSA) is 38.0 Å². The number of hydrogen-bond donors (Lipinski definition) is 1. The van der Waals surface area contributed by atoms with Crippen molar-refractivity contribution in [3.05, 3.63) is 52.8 Å². The highest BCUT2D eigenvalue weighted by Crippen LogP contribution is 2.18. The largest absolute Gasteiger partial charge is 0.386 e. The maximum Gasteiger partial charge on any atom is 0.0986 e. The van der Waals surface area contributed by atoms with Gasteiger partial charge in [-0.1, -0.05) is 29.3 Å². The van der Waals surface area contributed by atoms with Crippen molar-refractivity contribution in [3.63, 3.8) is 0 Å². The van der Waals surface area contributed by atoms with Crippen LogP contribution in [0.4, 0.5) is 0 Å². The minimum absolute atomic E-state index is 0.497. The second-order valence-corrected chi connectivity index (χ2v) is 4.68. The summed E-state index contributed by atoms with van der Waals surface area (Å²) >= 11 is 0. The van der Waals surface area contributed by atoms with E-state index < -0.39 is 6.10 Å². The predicted octanol–water partition coefficient (Wildman–Crippen LogP) is 2.54. The van der Waals surface area contributed by atoms with Gasteiger partial charge in [-0.05, 0) is 31.9 Å². The van der Waals surface area contributed by atoms with Crippen molar-refractivity contribution in [2.24, 2.45) is 0 Å². The molecule has 17 heavy (non-hydrogen) atoms. The smallest absolute Gasteiger partial charge is 0.0986 e. The first kappa shape index (κ1) is 11.9. The van der Waals surface area contributed by atoms with Crippen LogP contribution in [0.5, 0.6) is 0 Å². The van der Waals surface area contributed by atoms with E-state index in [1.807, 2.05) is 39.1 Å². The van der Waals surface area contributed by atoms with Gasteiger partial charge in [0.15, 0.2) is 0 Å². The van der Waals surface area contributed by atoms with Crippen molar-refractivity contribution in [3.8, 4) is 0 Å². The van der Waals surface area contributed by atoms with Crippen LogP contribution in [0.2, 0.25) is 0 Å². The summed E-state index contributed by atoms with van der Waals surface area (Å²) < 4.78 is 1.78. The number of aryl methyl sites for hydroxylation is 3. The van der Waals surface area contributed by atoms with Gasteiger partial charge in [-0.2, -0.15) is 5.10 Å². The van der Waals surface area contributed by atoms with Crippen molar-refractivity contribution in [2.75, 3.05) is 0 Å². The van der Waals surface area contributed by atoms with Gasteiger partial charge in [-0.15, -0.1) is 0 Å². The van der Waals surface area contributed by atoms with E-state index in [2.05, 4.69) is 11.2 Å². The highest BCUT2D eigenvalue weighted by atomic mass is 16.3. The standard InChI is InChI=1S/C14H18N2O/c1-10-4-11(2)6-13(5-10)14(17)9-16-8-12(3)7-15-16/h4-8,14,17H,9H2,1-3H3. The first-order valence-electron chi connectivity index (χ1n) is 5.80. The molecule has 0 spiro atoms. The van der Waals surface area contributed by atoms with Crippen LogP contribution in [0.1, 0.15) is 28.4 Å². The third-order valence-electron chi connectivity index (χ3n) is 2.75. The Morgan fingerprint density at radius 2 is 1.76 bits per heavy atom. The molecule has 1 N–H and O–H groups in total. The monoisotopic (exact) mass is 230 g/mol. The van der Waals surface area contributed by atoms with Gasteiger partial charge in [0, 0.05) is 6.20 Å². The first-order valence-corrected chi connectivity index (χ1v) is 5.80. The van der Waals surface area contributed by atoms with Crippen molar-refractivity contribution >= 4 is 0 Å².